The molecule has 0 aromatic heterocycles. The lowest BCUT2D eigenvalue weighted by Crippen LogP contribution is -2.59. The van der Waals surface area contributed by atoms with Crippen LogP contribution >= 0.6 is 0 Å². The molecule has 0 bridgehead atoms. The van der Waals surface area contributed by atoms with Gasteiger partial charge in [-0.1, -0.05) is 92.1 Å². The fourth-order valence-electron chi connectivity index (χ4n) is 4.96. The van der Waals surface area contributed by atoms with E-state index in [9.17, 15) is 9.59 Å². The lowest BCUT2D eigenvalue weighted by molar-refractivity contribution is -0.135. The molecular formula is C30H34N2O3. The molecule has 35 heavy (non-hydrogen) atoms. The van der Waals surface area contributed by atoms with Crippen LogP contribution in [0.3, 0.4) is 0 Å². The number of hydrogen-bond acceptors (Lipinski definition) is 3. The summed E-state index contributed by atoms with van der Waals surface area (Å²) in [5.74, 6) is 0.518. The molecule has 2 amide bonds. The summed E-state index contributed by atoms with van der Waals surface area (Å²) in [5.41, 5.74) is 2.32. The third-order valence-electron chi connectivity index (χ3n) is 6.93. The van der Waals surface area contributed by atoms with Crippen molar-refractivity contribution in [2.75, 3.05) is 7.11 Å². The van der Waals surface area contributed by atoms with E-state index in [0.29, 0.717) is 25.8 Å². The first-order valence-electron chi connectivity index (χ1n) is 12.4. The van der Waals surface area contributed by atoms with Crippen molar-refractivity contribution >= 4 is 11.8 Å². The summed E-state index contributed by atoms with van der Waals surface area (Å²) < 4.78 is 5.21. The molecule has 0 heterocycles. The Balaban J connectivity index is 1.47. The molecule has 2 N–H and O–H groups in total. The summed E-state index contributed by atoms with van der Waals surface area (Å²) in [5, 5.41) is 6.26. The minimum absolute atomic E-state index is 0.0691. The molecule has 0 unspecified atom stereocenters. The largest absolute Gasteiger partial charge is 0.497 e. The Morgan fingerprint density at radius 1 is 0.829 bits per heavy atom. The van der Waals surface area contributed by atoms with Crippen LogP contribution in [0.1, 0.15) is 61.1 Å². The van der Waals surface area contributed by atoms with Gasteiger partial charge in [0.05, 0.1) is 7.11 Å². The Kier molecular flexibility index (Phi) is 8.19. The highest BCUT2D eigenvalue weighted by molar-refractivity contribution is 5.92. The van der Waals surface area contributed by atoms with Crippen LogP contribution in [0.4, 0.5) is 0 Å². The zero-order valence-corrected chi connectivity index (χ0v) is 20.3. The maximum absolute atomic E-state index is 13.4. The Morgan fingerprint density at radius 2 is 1.40 bits per heavy atom. The molecule has 5 nitrogen and oxygen atoms in total. The van der Waals surface area contributed by atoms with E-state index >= 15 is 0 Å². The van der Waals surface area contributed by atoms with Gasteiger partial charge in [-0.15, -0.1) is 0 Å². The first kappa shape index (κ1) is 24.5. The number of benzene rings is 3. The Labute approximate surface area is 207 Å². The molecule has 1 aliphatic carbocycles. The Hall–Kier alpha value is -3.60. The lowest BCUT2D eigenvalue weighted by atomic mass is 9.80. The van der Waals surface area contributed by atoms with E-state index in [0.717, 1.165) is 41.7 Å². The van der Waals surface area contributed by atoms with Gasteiger partial charge in [-0.3, -0.25) is 9.59 Å². The van der Waals surface area contributed by atoms with Gasteiger partial charge in [0, 0.05) is 18.9 Å². The van der Waals surface area contributed by atoms with Gasteiger partial charge in [0.25, 0.3) is 0 Å². The quantitative estimate of drug-likeness (QED) is 0.443. The lowest BCUT2D eigenvalue weighted by Gasteiger charge is -2.37. The second-order valence-electron chi connectivity index (χ2n) is 9.30. The predicted molar refractivity (Wildman–Crippen MR) is 138 cm³/mol. The normalized spacial score (nSPS) is 14.8. The molecule has 0 saturated heterocycles. The van der Waals surface area contributed by atoms with E-state index < -0.39 is 5.54 Å². The van der Waals surface area contributed by atoms with Crippen LogP contribution in [0.25, 0.3) is 0 Å². The molecule has 0 spiro atoms. The van der Waals surface area contributed by atoms with Crippen molar-refractivity contribution in [1.82, 2.24) is 10.6 Å². The molecule has 0 aliphatic heterocycles. The predicted octanol–water partition coefficient (Wildman–Crippen LogP) is 5.35. The average Bonchev–Trinajstić information content (AvgIpc) is 2.92. The summed E-state index contributed by atoms with van der Waals surface area (Å²) in [6.07, 6.45) is 4.55. The zero-order valence-electron chi connectivity index (χ0n) is 20.3. The van der Waals surface area contributed by atoms with Crippen LogP contribution in [-0.2, 0) is 16.1 Å². The van der Waals surface area contributed by atoms with Crippen molar-refractivity contribution in [2.45, 2.75) is 56.5 Å². The van der Waals surface area contributed by atoms with E-state index in [-0.39, 0.29) is 17.7 Å². The first-order chi connectivity index (χ1) is 17.1. The molecule has 5 heteroatoms. The SMILES string of the molecule is COc1ccc(CNC(=O)C2(NC(=O)CC(c3ccccc3)c3ccccc3)CCCCC2)cc1. The van der Waals surface area contributed by atoms with Crippen LogP contribution in [0.15, 0.2) is 84.9 Å². The van der Waals surface area contributed by atoms with Crippen LogP contribution in [0.5, 0.6) is 5.75 Å². The Bertz CT molecular complexity index is 1050. The van der Waals surface area contributed by atoms with Gasteiger partial charge < -0.3 is 15.4 Å². The third kappa shape index (κ3) is 6.30. The van der Waals surface area contributed by atoms with Crippen LogP contribution in [-0.4, -0.2) is 24.5 Å². The number of ether oxygens (including phenoxy) is 1. The van der Waals surface area contributed by atoms with E-state index in [4.69, 9.17) is 4.74 Å². The standard InChI is InChI=1S/C30H34N2O3/c1-35-26-17-15-23(16-18-26)22-31-29(34)30(19-9-4-10-20-30)32-28(33)21-27(24-11-5-2-6-12-24)25-13-7-3-8-14-25/h2-3,5-8,11-18,27H,4,9-10,19-22H2,1H3,(H,31,34)(H,32,33). The number of carbonyl (C=O) groups excluding carboxylic acids is 2. The van der Waals surface area contributed by atoms with Crippen LogP contribution in [0, 0.1) is 0 Å². The van der Waals surface area contributed by atoms with Crippen molar-refractivity contribution in [3.63, 3.8) is 0 Å². The van der Waals surface area contributed by atoms with Crippen molar-refractivity contribution in [3.8, 4) is 5.75 Å². The van der Waals surface area contributed by atoms with E-state index in [1.54, 1.807) is 7.11 Å². The van der Waals surface area contributed by atoms with Gasteiger partial charge in [-0.25, -0.2) is 0 Å². The fourth-order valence-corrected chi connectivity index (χ4v) is 4.96. The number of nitrogens with one attached hydrogen (secondary N) is 2. The zero-order chi connectivity index (χ0) is 24.5. The molecular weight excluding hydrogens is 436 g/mol. The molecule has 0 radical (unpaired) electrons. The van der Waals surface area contributed by atoms with Gasteiger partial charge in [-0.2, -0.15) is 0 Å². The second kappa shape index (κ2) is 11.7. The molecule has 0 atom stereocenters. The first-order valence-corrected chi connectivity index (χ1v) is 12.4. The maximum Gasteiger partial charge on any atom is 0.246 e. The number of carbonyl (C=O) groups is 2. The minimum atomic E-state index is -0.861. The second-order valence-corrected chi connectivity index (χ2v) is 9.30. The van der Waals surface area contributed by atoms with Crippen LogP contribution in [0.2, 0.25) is 0 Å². The van der Waals surface area contributed by atoms with E-state index in [1.807, 2.05) is 60.7 Å². The number of hydrogen-bond donors (Lipinski definition) is 2. The topological polar surface area (TPSA) is 67.4 Å². The van der Waals surface area contributed by atoms with Gasteiger partial charge in [0.1, 0.15) is 11.3 Å². The van der Waals surface area contributed by atoms with Crippen LogP contribution < -0.4 is 15.4 Å². The minimum Gasteiger partial charge on any atom is -0.497 e. The number of methoxy groups -OCH3 is 1. The summed E-state index contributed by atoms with van der Waals surface area (Å²) in [6, 6.07) is 27.8. The van der Waals surface area contributed by atoms with Crippen molar-refractivity contribution < 1.29 is 14.3 Å². The van der Waals surface area contributed by atoms with Crippen molar-refractivity contribution in [3.05, 3.63) is 102 Å². The van der Waals surface area contributed by atoms with Gasteiger partial charge >= 0.3 is 0 Å². The smallest absolute Gasteiger partial charge is 0.246 e. The average molecular weight is 471 g/mol. The summed E-state index contributed by atoms with van der Waals surface area (Å²) in [4.78, 5) is 26.8. The van der Waals surface area contributed by atoms with Gasteiger partial charge in [0.15, 0.2) is 0 Å². The molecule has 1 saturated carbocycles. The fraction of sp³-hybridized carbons (Fsp3) is 0.333. The molecule has 3 aromatic carbocycles. The molecule has 3 aromatic rings. The highest BCUT2D eigenvalue weighted by atomic mass is 16.5. The molecule has 1 fully saturated rings. The highest BCUT2D eigenvalue weighted by Crippen LogP contribution is 2.31. The van der Waals surface area contributed by atoms with E-state index in [2.05, 4.69) is 34.9 Å². The summed E-state index contributed by atoms with van der Waals surface area (Å²) >= 11 is 0. The summed E-state index contributed by atoms with van der Waals surface area (Å²) in [7, 11) is 1.63. The third-order valence-corrected chi connectivity index (χ3v) is 6.93. The number of rotatable bonds is 9. The molecule has 182 valence electrons. The van der Waals surface area contributed by atoms with Gasteiger partial charge in [-0.05, 0) is 41.7 Å². The monoisotopic (exact) mass is 470 g/mol. The van der Waals surface area contributed by atoms with Crippen molar-refractivity contribution in [1.29, 1.82) is 0 Å². The molecule has 4 rings (SSSR count). The number of amides is 2. The highest BCUT2D eigenvalue weighted by Gasteiger charge is 2.41. The van der Waals surface area contributed by atoms with Gasteiger partial charge in [0.2, 0.25) is 11.8 Å². The summed E-state index contributed by atoms with van der Waals surface area (Å²) in [6.45, 7) is 0.414. The maximum atomic E-state index is 13.4. The van der Waals surface area contributed by atoms with Crippen molar-refractivity contribution in [2.24, 2.45) is 0 Å². The molecule has 1 aliphatic rings. The Morgan fingerprint density at radius 3 is 1.94 bits per heavy atom. The van der Waals surface area contributed by atoms with E-state index in [1.165, 1.54) is 0 Å².